The summed E-state index contributed by atoms with van der Waals surface area (Å²) >= 11 is 0. The predicted molar refractivity (Wildman–Crippen MR) is 89.8 cm³/mol. The van der Waals surface area contributed by atoms with Gasteiger partial charge in [-0.25, -0.2) is 4.85 Å². The van der Waals surface area contributed by atoms with Crippen LogP contribution in [0.4, 0.5) is 5.69 Å². The summed E-state index contributed by atoms with van der Waals surface area (Å²) in [5.41, 5.74) is 2.43. The van der Waals surface area contributed by atoms with Crippen molar-refractivity contribution < 1.29 is 9.53 Å². The second kappa shape index (κ2) is 6.20. The molecule has 0 fully saturated rings. The number of rotatable bonds is 4. The molecule has 1 heterocycles. The average Bonchev–Trinajstić information content (AvgIpc) is 3.03. The van der Waals surface area contributed by atoms with Gasteiger partial charge in [-0.1, -0.05) is 30.8 Å². The summed E-state index contributed by atoms with van der Waals surface area (Å²) in [5, 5.41) is 0.932. The summed E-state index contributed by atoms with van der Waals surface area (Å²) in [5.74, 6) is 0.573. The third-order valence-electron chi connectivity index (χ3n) is 3.54. The van der Waals surface area contributed by atoms with Crippen LogP contribution >= 0.6 is 0 Å². The minimum absolute atomic E-state index is 0.159. The van der Waals surface area contributed by atoms with Gasteiger partial charge in [-0.2, -0.15) is 0 Å². The Morgan fingerprint density at radius 3 is 2.70 bits per heavy atom. The quantitative estimate of drug-likeness (QED) is 0.521. The number of hydrogen-bond donors (Lipinski definition) is 0. The van der Waals surface area contributed by atoms with Gasteiger partial charge in [0.15, 0.2) is 5.69 Å². The van der Waals surface area contributed by atoms with Crippen molar-refractivity contribution in [2.75, 3.05) is 0 Å². The Kier molecular flexibility index (Phi) is 3.94. The van der Waals surface area contributed by atoms with Crippen LogP contribution in [0, 0.1) is 6.57 Å². The highest BCUT2D eigenvalue weighted by Crippen LogP contribution is 2.23. The molecule has 0 radical (unpaired) electrons. The SMILES string of the molecule is [C-]#[N+]c1ccc(COc2ccc3c(ccn3C(=O)C=C)c2)cc1. The third kappa shape index (κ3) is 2.99. The number of aromatic nitrogens is 1. The lowest BCUT2D eigenvalue weighted by molar-refractivity contribution is 0.0974. The van der Waals surface area contributed by atoms with Crippen molar-refractivity contribution in [3.63, 3.8) is 0 Å². The van der Waals surface area contributed by atoms with E-state index < -0.39 is 0 Å². The number of allylic oxidation sites excluding steroid dienone is 1. The molecule has 4 heteroatoms. The second-order valence-corrected chi connectivity index (χ2v) is 5.02. The van der Waals surface area contributed by atoms with Crippen LogP contribution in [-0.2, 0) is 6.61 Å². The molecule has 0 spiro atoms. The van der Waals surface area contributed by atoms with Gasteiger partial charge in [-0.05, 0) is 35.9 Å². The third-order valence-corrected chi connectivity index (χ3v) is 3.54. The van der Waals surface area contributed by atoms with Crippen molar-refractivity contribution >= 4 is 22.5 Å². The van der Waals surface area contributed by atoms with E-state index >= 15 is 0 Å². The Labute approximate surface area is 134 Å². The molecule has 0 saturated carbocycles. The van der Waals surface area contributed by atoms with Crippen molar-refractivity contribution in [2.45, 2.75) is 6.61 Å². The van der Waals surface area contributed by atoms with Gasteiger partial charge in [0, 0.05) is 11.6 Å². The molecule has 0 amide bonds. The lowest BCUT2D eigenvalue weighted by Gasteiger charge is -2.07. The predicted octanol–water partition coefficient (Wildman–Crippen LogP) is 4.60. The van der Waals surface area contributed by atoms with E-state index in [1.165, 1.54) is 6.08 Å². The number of ether oxygens (including phenoxy) is 1. The Bertz CT molecular complexity index is 915. The number of carbonyl (C=O) groups is 1. The van der Waals surface area contributed by atoms with Gasteiger partial charge >= 0.3 is 0 Å². The van der Waals surface area contributed by atoms with Gasteiger partial charge in [0.05, 0.1) is 12.1 Å². The van der Waals surface area contributed by atoms with Crippen molar-refractivity contribution in [3.8, 4) is 5.75 Å². The lowest BCUT2D eigenvalue weighted by Crippen LogP contribution is -2.04. The molecule has 0 aliphatic rings. The van der Waals surface area contributed by atoms with Gasteiger partial charge in [0.1, 0.15) is 12.4 Å². The van der Waals surface area contributed by atoms with Crippen LogP contribution < -0.4 is 4.74 Å². The molecule has 0 unspecified atom stereocenters. The molecule has 0 aliphatic heterocycles. The van der Waals surface area contributed by atoms with Crippen LogP contribution in [0.15, 0.2) is 67.4 Å². The second-order valence-electron chi connectivity index (χ2n) is 5.02. The maximum atomic E-state index is 11.7. The minimum atomic E-state index is -0.159. The smallest absolute Gasteiger partial charge is 0.254 e. The Hall–Kier alpha value is -3.32. The van der Waals surface area contributed by atoms with Crippen molar-refractivity contribution in [3.05, 3.63) is 84.4 Å². The van der Waals surface area contributed by atoms with Crippen LogP contribution in [0.1, 0.15) is 10.4 Å². The first-order valence-corrected chi connectivity index (χ1v) is 7.08. The number of benzene rings is 2. The molecule has 4 nitrogen and oxygen atoms in total. The van der Waals surface area contributed by atoms with Crippen LogP contribution in [0.25, 0.3) is 15.7 Å². The zero-order chi connectivity index (χ0) is 16.2. The van der Waals surface area contributed by atoms with Crippen LogP contribution in [-0.4, -0.2) is 10.5 Å². The first-order chi connectivity index (χ1) is 11.2. The molecular weight excluding hydrogens is 288 g/mol. The summed E-state index contributed by atoms with van der Waals surface area (Å²) in [6.45, 7) is 10.9. The highest BCUT2D eigenvalue weighted by Gasteiger charge is 2.07. The molecule has 1 aromatic heterocycles. The summed E-state index contributed by atoms with van der Waals surface area (Å²) in [6.07, 6.45) is 3.01. The molecule has 3 rings (SSSR count). The highest BCUT2D eigenvalue weighted by molar-refractivity contribution is 5.98. The molecule has 3 aromatic rings. The highest BCUT2D eigenvalue weighted by atomic mass is 16.5. The Morgan fingerprint density at radius 1 is 1.22 bits per heavy atom. The van der Waals surface area contributed by atoms with Crippen molar-refractivity contribution in [1.29, 1.82) is 0 Å². The summed E-state index contributed by atoms with van der Waals surface area (Å²) < 4.78 is 7.33. The van der Waals surface area contributed by atoms with Gasteiger partial charge in [0.2, 0.25) is 0 Å². The molecule has 2 aromatic carbocycles. The number of nitrogens with zero attached hydrogens (tertiary/aromatic N) is 2. The molecule has 0 aliphatic carbocycles. The fourth-order valence-electron chi connectivity index (χ4n) is 2.33. The largest absolute Gasteiger partial charge is 0.489 e. The molecule has 0 bridgehead atoms. The van der Waals surface area contributed by atoms with Crippen LogP contribution in [0.3, 0.4) is 0 Å². The van der Waals surface area contributed by atoms with Gasteiger partial charge in [-0.15, -0.1) is 0 Å². The first kappa shape index (κ1) is 14.6. The summed E-state index contributed by atoms with van der Waals surface area (Å²) in [7, 11) is 0. The average molecular weight is 302 g/mol. The zero-order valence-electron chi connectivity index (χ0n) is 12.4. The van der Waals surface area contributed by atoms with E-state index in [-0.39, 0.29) is 5.91 Å². The monoisotopic (exact) mass is 302 g/mol. The zero-order valence-corrected chi connectivity index (χ0v) is 12.4. The minimum Gasteiger partial charge on any atom is -0.489 e. The lowest BCUT2D eigenvalue weighted by atomic mass is 10.2. The van der Waals surface area contributed by atoms with Crippen LogP contribution in [0.2, 0.25) is 0 Å². The van der Waals surface area contributed by atoms with Gasteiger partial charge in [-0.3, -0.25) is 9.36 Å². The van der Waals surface area contributed by atoms with Crippen molar-refractivity contribution in [1.82, 2.24) is 4.57 Å². The summed E-state index contributed by atoms with van der Waals surface area (Å²) in [4.78, 5) is 15.1. The van der Waals surface area contributed by atoms with Crippen LogP contribution in [0.5, 0.6) is 5.75 Å². The van der Waals surface area contributed by atoms with Gasteiger partial charge < -0.3 is 4.74 Å². The fourth-order valence-corrected chi connectivity index (χ4v) is 2.33. The van der Waals surface area contributed by atoms with E-state index in [1.54, 1.807) is 22.9 Å². The van der Waals surface area contributed by atoms with Crippen molar-refractivity contribution in [2.24, 2.45) is 0 Å². The van der Waals surface area contributed by atoms with E-state index in [4.69, 9.17) is 11.3 Å². The molecule has 0 N–H and O–H groups in total. The standard InChI is InChI=1S/C19H14N2O2/c1-3-19(22)21-11-10-15-12-17(8-9-18(15)21)23-13-14-4-6-16(20-2)7-5-14/h3-12H,1,13H2. The maximum absolute atomic E-state index is 11.7. The van der Waals surface area contributed by atoms with E-state index in [0.29, 0.717) is 12.3 Å². The van der Waals surface area contributed by atoms with E-state index in [2.05, 4.69) is 11.4 Å². The number of carbonyl (C=O) groups excluding carboxylic acids is 1. The Morgan fingerprint density at radius 2 is 2.00 bits per heavy atom. The summed E-state index contributed by atoms with van der Waals surface area (Å²) in [6, 6.07) is 14.8. The topological polar surface area (TPSA) is 35.6 Å². The number of hydrogen-bond acceptors (Lipinski definition) is 2. The molecule has 112 valence electrons. The molecule has 23 heavy (non-hydrogen) atoms. The van der Waals surface area contributed by atoms with E-state index in [0.717, 1.165) is 22.2 Å². The normalized spacial score (nSPS) is 10.2. The van der Waals surface area contributed by atoms with Gasteiger partial charge in [0.25, 0.3) is 5.91 Å². The first-order valence-electron chi connectivity index (χ1n) is 7.08. The molecule has 0 saturated heterocycles. The molecular formula is C19H14N2O2. The number of fused-ring (bicyclic) bond motifs is 1. The maximum Gasteiger partial charge on any atom is 0.254 e. The van der Waals surface area contributed by atoms with E-state index in [1.807, 2.05) is 36.4 Å². The van der Waals surface area contributed by atoms with E-state index in [9.17, 15) is 4.79 Å². The fraction of sp³-hybridized carbons (Fsp3) is 0.0526. The Balaban J connectivity index is 1.77. The molecule has 0 atom stereocenters.